The number of anilines is 1. The molecule has 0 bridgehead atoms. The first-order valence-corrected chi connectivity index (χ1v) is 13.0. The maximum absolute atomic E-state index is 12.4. The molecule has 0 saturated carbocycles. The van der Waals surface area contributed by atoms with E-state index in [1.807, 2.05) is 0 Å². The van der Waals surface area contributed by atoms with Crippen LogP contribution in [0.5, 0.6) is 11.5 Å². The van der Waals surface area contributed by atoms with E-state index in [2.05, 4.69) is 15.8 Å². The van der Waals surface area contributed by atoms with E-state index in [1.54, 1.807) is 36.6 Å². The molecule has 192 valence electrons. The zero-order chi connectivity index (χ0) is 26.4. The van der Waals surface area contributed by atoms with Crippen LogP contribution in [0.3, 0.4) is 0 Å². The Bertz CT molecular complexity index is 1360. The van der Waals surface area contributed by atoms with Crippen molar-refractivity contribution in [3.8, 4) is 11.5 Å². The Balaban J connectivity index is 1.38. The zero-order valence-corrected chi connectivity index (χ0v) is 21.6. The second kappa shape index (κ2) is 11.8. The number of hydrazone groups is 1. The largest absolute Gasteiger partial charge is 0.493 e. The Hall–Kier alpha value is -4.03. The third kappa shape index (κ3) is 6.04. The molecule has 0 saturated heterocycles. The minimum Gasteiger partial charge on any atom is -0.493 e. The molecule has 2 amide bonds. The average molecular weight is 542 g/mol. The van der Waals surface area contributed by atoms with Gasteiger partial charge in [0.15, 0.2) is 11.5 Å². The second-order valence-electron chi connectivity index (χ2n) is 7.71. The smallest absolute Gasteiger partial charge is 0.353 e. The lowest BCUT2D eigenvalue weighted by Crippen LogP contribution is -2.32. The topological polar surface area (TPSA) is 132 Å². The first-order chi connectivity index (χ1) is 17.9. The highest BCUT2D eigenvalue weighted by atomic mass is 32.1. The molecule has 0 fully saturated rings. The number of fused-ring (bicyclic) bond motifs is 1. The Morgan fingerprint density at radius 1 is 1.08 bits per heavy atom. The highest BCUT2D eigenvalue weighted by Gasteiger charge is 2.29. The molecular weight excluding hydrogens is 518 g/mol. The van der Waals surface area contributed by atoms with Gasteiger partial charge in [0.1, 0.15) is 9.88 Å². The Morgan fingerprint density at radius 2 is 1.92 bits per heavy atom. The van der Waals surface area contributed by atoms with Crippen molar-refractivity contribution in [1.82, 2.24) is 5.43 Å². The number of esters is 2. The summed E-state index contributed by atoms with van der Waals surface area (Å²) in [7, 11) is 1.43. The van der Waals surface area contributed by atoms with Gasteiger partial charge in [-0.1, -0.05) is 6.07 Å². The minimum atomic E-state index is -1.01. The fraction of sp³-hybridized carbons (Fsp3) is 0.240. The zero-order valence-electron chi connectivity index (χ0n) is 20.0. The van der Waals surface area contributed by atoms with Crippen LogP contribution >= 0.6 is 22.7 Å². The Labute approximate surface area is 220 Å². The molecule has 0 unspecified atom stereocenters. The lowest BCUT2D eigenvalue weighted by molar-refractivity contribution is -0.136. The van der Waals surface area contributed by atoms with Crippen molar-refractivity contribution in [2.24, 2.45) is 5.10 Å². The van der Waals surface area contributed by atoms with Gasteiger partial charge in [-0.15, -0.1) is 22.7 Å². The summed E-state index contributed by atoms with van der Waals surface area (Å²) in [5.41, 5.74) is 3.87. The van der Waals surface area contributed by atoms with E-state index >= 15 is 0 Å². The van der Waals surface area contributed by atoms with Gasteiger partial charge in [-0.2, -0.15) is 5.10 Å². The van der Waals surface area contributed by atoms with Gasteiger partial charge in [-0.05, 0) is 67.0 Å². The number of amides is 2. The summed E-state index contributed by atoms with van der Waals surface area (Å²) in [6.07, 6.45) is 3.78. The summed E-state index contributed by atoms with van der Waals surface area (Å²) in [5, 5.41) is 8.39. The van der Waals surface area contributed by atoms with Crippen LogP contribution in [0.2, 0.25) is 0 Å². The first-order valence-electron chi connectivity index (χ1n) is 11.3. The number of carbonyl (C=O) groups excluding carboxylic acids is 4. The minimum absolute atomic E-state index is 0.203. The fourth-order valence-corrected chi connectivity index (χ4v) is 5.55. The van der Waals surface area contributed by atoms with E-state index in [9.17, 15) is 19.2 Å². The number of benzene rings is 1. The lowest BCUT2D eigenvalue weighted by atomic mass is 10.1. The predicted octanol–water partition coefficient (Wildman–Crippen LogP) is 3.79. The number of rotatable bonds is 8. The van der Waals surface area contributed by atoms with Crippen molar-refractivity contribution in [3.63, 3.8) is 0 Å². The maximum atomic E-state index is 12.4. The molecule has 3 aromatic rings. The van der Waals surface area contributed by atoms with Gasteiger partial charge in [0.05, 0.1) is 25.5 Å². The van der Waals surface area contributed by atoms with E-state index < -0.39 is 23.8 Å². The summed E-state index contributed by atoms with van der Waals surface area (Å²) in [6, 6.07) is 8.10. The van der Waals surface area contributed by atoms with Gasteiger partial charge in [-0.25, -0.2) is 15.0 Å². The molecule has 0 radical (unpaired) electrons. The highest BCUT2D eigenvalue weighted by Crippen LogP contribution is 2.39. The van der Waals surface area contributed by atoms with E-state index in [0.29, 0.717) is 21.0 Å². The monoisotopic (exact) mass is 541 g/mol. The van der Waals surface area contributed by atoms with E-state index in [4.69, 9.17) is 14.2 Å². The number of aryl methyl sites for hydroxylation is 1. The van der Waals surface area contributed by atoms with Gasteiger partial charge >= 0.3 is 23.8 Å². The summed E-state index contributed by atoms with van der Waals surface area (Å²) in [4.78, 5) is 50.8. The van der Waals surface area contributed by atoms with Crippen LogP contribution in [0.4, 0.5) is 5.00 Å². The number of carbonyl (C=O) groups is 4. The number of ether oxygens (including phenoxy) is 3. The molecule has 1 aliphatic carbocycles. The van der Waals surface area contributed by atoms with Crippen LogP contribution in [0.25, 0.3) is 0 Å². The van der Waals surface area contributed by atoms with Crippen LogP contribution in [-0.4, -0.2) is 43.7 Å². The molecule has 37 heavy (non-hydrogen) atoms. The van der Waals surface area contributed by atoms with Crippen molar-refractivity contribution in [2.45, 2.75) is 26.2 Å². The number of hydrogen-bond acceptors (Lipinski definition) is 10. The normalized spacial score (nSPS) is 12.2. The van der Waals surface area contributed by atoms with Crippen LogP contribution in [-0.2, 0) is 27.2 Å². The number of hydrogen-bond donors (Lipinski definition) is 2. The van der Waals surface area contributed by atoms with Gasteiger partial charge in [0, 0.05) is 4.88 Å². The van der Waals surface area contributed by atoms with Crippen LogP contribution < -0.4 is 20.2 Å². The van der Waals surface area contributed by atoms with Crippen molar-refractivity contribution in [1.29, 1.82) is 0 Å². The predicted molar refractivity (Wildman–Crippen MR) is 139 cm³/mol. The summed E-state index contributed by atoms with van der Waals surface area (Å²) < 4.78 is 15.8. The molecule has 2 heterocycles. The lowest BCUT2D eigenvalue weighted by Gasteiger charge is -2.09. The number of methoxy groups -OCH3 is 1. The third-order valence-electron chi connectivity index (χ3n) is 5.33. The molecule has 10 nitrogen and oxygen atoms in total. The molecule has 0 spiro atoms. The molecule has 0 aliphatic heterocycles. The summed E-state index contributed by atoms with van der Waals surface area (Å²) in [6.45, 7) is 1.91. The van der Waals surface area contributed by atoms with E-state index in [0.717, 1.165) is 29.7 Å². The molecular formula is C25H23N3O7S2. The van der Waals surface area contributed by atoms with Crippen molar-refractivity contribution in [2.75, 3.05) is 19.0 Å². The van der Waals surface area contributed by atoms with Gasteiger partial charge in [0.2, 0.25) is 0 Å². The summed E-state index contributed by atoms with van der Waals surface area (Å²) >= 11 is 2.54. The van der Waals surface area contributed by atoms with Gasteiger partial charge in [-0.3, -0.25) is 9.59 Å². The molecule has 12 heteroatoms. The average Bonchev–Trinajstić information content (AvgIpc) is 3.63. The molecule has 1 aromatic carbocycles. The molecule has 2 N–H and O–H groups in total. The molecule has 2 aromatic heterocycles. The van der Waals surface area contributed by atoms with Crippen molar-refractivity contribution in [3.05, 3.63) is 62.2 Å². The van der Waals surface area contributed by atoms with Crippen LogP contribution in [0, 0.1) is 0 Å². The quantitative estimate of drug-likeness (QED) is 0.146. The van der Waals surface area contributed by atoms with Crippen molar-refractivity contribution < 1.29 is 33.4 Å². The molecule has 4 rings (SSSR count). The standard InChI is InChI=1S/C25H23N3O7S2/c1-3-34-25(32)20-15-6-4-7-18(15)37-23(20)27-21(29)22(30)28-26-13-14-9-10-16(17(12-14)33-2)35-24(31)19-8-5-11-36-19/h5,8-13H,3-4,6-7H2,1-2H3,(H,27,29)(H,28,30)/b26-13+. The maximum Gasteiger partial charge on any atom is 0.353 e. The Morgan fingerprint density at radius 3 is 2.65 bits per heavy atom. The van der Waals surface area contributed by atoms with Crippen LogP contribution in [0.1, 0.15) is 49.4 Å². The second-order valence-corrected chi connectivity index (χ2v) is 9.77. The number of nitrogens with zero attached hydrogens (tertiary/aromatic N) is 1. The first kappa shape index (κ1) is 26.0. The van der Waals surface area contributed by atoms with Crippen molar-refractivity contribution >= 4 is 57.6 Å². The summed E-state index contributed by atoms with van der Waals surface area (Å²) in [5.74, 6) is -2.48. The van der Waals surface area contributed by atoms with Gasteiger partial charge in [0.25, 0.3) is 0 Å². The highest BCUT2D eigenvalue weighted by molar-refractivity contribution is 7.17. The number of thiophene rings is 2. The van der Waals surface area contributed by atoms with E-state index in [-0.39, 0.29) is 18.1 Å². The van der Waals surface area contributed by atoms with E-state index in [1.165, 1.54) is 42.1 Å². The number of nitrogens with one attached hydrogen (secondary N) is 2. The Kier molecular flexibility index (Phi) is 8.31. The van der Waals surface area contributed by atoms with Crippen LogP contribution in [0.15, 0.2) is 40.8 Å². The fourth-order valence-electron chi connectivity index (χ4n) is 3.68. The third-order valence-corrected chi connectivity index (χ3v) is 7.38. The molecule has 1 aliphatic rings. The molecule has 0 atom stereocenters. The SMILES string of the molecule is CCOC(=O)c1c(NC(=O)C(=O)N/N=C/c2ccc(OC(=O)c3cccs3)c(OC)c2)sc2c1CCC2. The van der Waals surface area contributed by atoms with Gasteiger partial charge < -0.3 is 19.5 Å².